The number of nitrogens with zero attached hydrogens (tertiary/aromatic N) is 1. The third-order valence-corrected chi connectivity index (χ3v) is 7.45. The lowest BCUT2D eigenvalue weighted by molar-refractivity contribution is 0.271. The lowest BCUT2D eigenvalue weighted by Crippen LogP contribution is -2.33. The van der Waals surface area contributed by atoms with Gasteiger partial charge in [-0.05, 0) is 48.5 Å². The zero-order chi connectivity index (χ0) is 21.8. The van der Waals surface area contributed by atoms with Crippen molar-refractivity contribution < 1.29 is 13.5 Å². The van der Waals surface area contributed by atoms with Crippen molar-refractivity contribution in [3.8, 4) is 5.75 Å². The van der Waals surface area contributed by atoms with Gasteiger partial charge in [-0.1, -0.05) is 23.7 Å². The van der Waals surface area contributed by atoms with E-state index in [9.17, 15) is 9.18 Å². The van der Waals surface area contributed by atoms with E-state index in [1.165, 1.54) is 24.5 Å². The highest BCUT2D eigenvalue weighted by atomic mass is 35.5. The monoisotopic (exact) mass is 463 g/mol. The summed E-state index contributed by atoms with van der Waals surface area (Å²) in [6, 6.07) is 17.2. The molecule has 6 rings (SSSR count). The molecule has 0 aliphatic carbocycles. The van der Waals surface area contributed by atoms with Crippen LogP contribution in [0.15, 0.2) is 86.0 Å². The second-order valence-electron chi connectivity index (χ2n) is 7.72. The molecule has 0 N–H and O–H groups in total. The van der Waals surface area contributed by atoms with Gasteiger partial charge in [0, 0.05) is 21.0 Å². The Hall–Kier alpha value is -3.09. The smallest absolute Gasteiger partial charge is 0.197 e. The van der Waals surface area contributed by atoms with Crippen molar-refractivity contribution in [3.63, 3.8) is 0 Å². The van der Waals surface area contributed by atoms with E-state index in [1.54, 1.807) is 17.8 Å². The Bertz CT molecular complexity index is 1480. The fraction of sp³-hybridized carbons (Fsp3) is 0.120. The van der Waals surface area contributed by atoms with Gasteiger partial charge in [0.2, 0.25) is 0 Å². The molecule has 0 spiro atoms. The summed E-state index contributed by atoms with van der Waals surface area (Å²) in [6.07, 6.45) is 1.49. The number of fused-ring (bicyclic) bond motifs is 5. The Morgan fingerprint density at radius 1 is 1.09 bits per heavy atom. The average Bonchev–Trinajstić information content (AvgIpc) is 2.97. The van der Waals surface area contributed by atoms with Crippen LogP contribution in [-0.2, 0) is 0 Å². The van der Waals surface area contributed by atoms with Crippen LogP contribution in [0.3, 0.4) is 0 Å². The highest BCUT2D eigenvalue weighted by Gasteiger charge is 2.39. The summed E-state index contributed by atoms with van der Waals surface area (Å²) in [5, 5.41) is 0.464. The summed E-state index contributed by atoms with van der Waals surface area (Å²) >= 11 is 7.83. The first kappa shape index (κ1) is 19.6. The number of aliphatic imine (C=N–C) groups is 1. The first-order valence-electron chi connectivity index (χ1n) is 10.1. The van der Waals surface area contributed by atoms with Gasteiger partial charge in [-0.2, -0.15) is 0 Å². The molecular formula is C25H15ClFNO3S. The van der Waals surface area contributed by atoms with Crippen molar-refractivity contribution >= 4 is 45.7 Å². The van der Waals surface area contributed by atoms with Crippen LogP contribution in [0.4, 0.5) is 10.1 Å². The maximum Gasteiger partial charge on any atom is 0.197 e. The summed E-state index contributed by atoms with van der Waals surface area (Å²) < 4.78 is 25.7. The molecule has 3 heterocycles. The molecule has 2 unspecified atom stereocenters. The van der Waals surface area contributed by atoms with Crippen LogP contribution in [0.25, 0.3) is 11.0 Å². The summed E-state index contributed by atoms with van der Waals surface area (Å²) in [5.41, 5.74) is 3.01. The first-order valence-corrected chi connectivity index (χ1v) is 11.3. The van der Waals surface area contributed by atoms with Gasteiger partial charge in [-0.25, -0.2) is 4.39 Å². The molecule has 4 nitrogen and oxygen atoms in total. The number of benzene rings is 3. The molecule has 0 bridgehead atoms. The molecule has 2 atom stereocenters. The van der Waals surface area contributed by atoms with Crippen molar-refractivity contribution in [1.82, 2.24) is 0 Å². The van der Waals surface area contributed by atoms with Crippen molar-refractivity contribution in [1.29, 1.82) is 0 Å². The molecule has 1 aromatic heterocycles. The molecule has 7 heteroatoms. The van der Waals surface area contributed by atoms with E-state index in [2.05, 4.69) is 0 Å². The lowest BCUT2D eigenvalue weighted by Gasteiger charge is -2.31. The van der Waals surface area contributed by atoms with E-state index in [4.69, 9.17) is 25.7 Å². The Balaban J connectivity index is 1.59. The Labute approximate surface area is 191 Å². The zero-order valence-corrected chi connectivity index (χ0v) is 18.1. The van der Waals surface area contributed by atoms with E-state index < -0.39 is 5.82 Å². The van der Waals surface area contributed by atoms with Crippen molar-refractivity contribution in [3.05, 3.63) is 99.1 Å². The van der Waals surface area contributed by atoms with Crippen molar-refractivity contribution in [2.24, 2.45) is 10.9 Å². The molecule has 0 radical (unpaired) electrons. The van der Waals surface area contributed by atoms with Crippen LogP contribution >= 0.6 is 23.4 Å². The third-order valence-electron chi connectivity index (χ3n) is 5.78. The van der Waals surface area contributed by atoms with Gasteiger partial charge in [0.25, 0.3) is 0 Å². The molecule has 4 aromatic rings. The predicted molar refractivity (Wildman–Crippen MR) is 124 cm³/mol. The second kappa shape index (κ2) is 7.50. The number of halogens is 2. The van der Waals surface area contributed by atoms with Gasteiger partial charge in [0.1, 0.15) is 17.1 Å². The molecule has 0 saturated carbocycles. The minimum Gasteiger partial charge on any atom is -0.492 e. The second-order valence-corrected chi connectivity index (χ2v) is 9.34. The minimum atomic E-state index is -0.479. The van der Waals surface area contributed by atoms with E-state index in [0.29, 0.717) is 28.5 Å². The Morgan fingerprint density at radius 3 is 2.88 bits per heavy atom. The minimum absolute atomic E-state index is 0.222. The molecule has 0 saturated heterocycles. The molecule has 2 aliphatic heterocycles. The predicted octanol–water partition coefficient (Wildman–Crippen LogP) is 6.56. The third kappa shape index (κ3) is 3.14. The zero-order valence-electron chi connectivity index (χ0n) is 16.5. The van der Waals surface area contributed by atoms with Gasteiger partial charge in [-0.15, -0.1) is 11.8 Å². The van der Waals surface area contributed by atoms with Crippen LogP contribution in [0.2, 0.25) is 5.02 Å². The fourth-order valence-electron chi connectivity index (χ4n) is 4.25. The molecule has 0 amide bonds. The Morgan fingerprint density at radius 2 is 1.97 bits per heavy atom. The molecular weight excluding hydrogens is 449 g/mol. The number of rotatable bonds is 1. The number of ether oxygens (including phenoxy) is 1. The summed E-state index contributed by atoms with van der Waals surface area (Å²) in [6.45, 7) is 0.347. The quantitative estimate of drug-likeness (QED) is 0.320. The van der Waals surface area contributed by atoms with Gasteiger partial charge in [0.05, 0.1) is 40.8 Å². The van der Waals surface area contributed by atoms with Crippen LogP contribution in [0.1, 0.15) is 16.4 Å². The van der Waals surface area contributed by atoms with Crippen LogP contribution in [-0.4, -0.2) is 12.3 Å². The van der Waals surface area contributed by atoms with Gasteiger partial charge >= 0.3 is 0 Å². The van der Waals surface area contributed by atoms with Gasteiger partial charge in [0.15, 0.2) is 5.43 Å². The summed E-state index contributed by atoms with van der Waals surface area (Å²) in [5.74, 6) is 0.0000551. The van der Waals surface area contributed by atoms with Gasteiger partial charge in [-0.3, -0.25) is 9.79 Å². The molecule has 0 fully saturated rings. The summed E-state index contributed by atoms with van der Waals surface area (Å²) in [7, 11) is 0. The number of thioether (sulfide) groups is 1. The largest absolute Gasteiger partial charge is 0.492 e. The SMILES string of the molecule is O=c1c(C2Sc3ccccc3N=C3c4cc(Cl)ccc4OCC32)coc2ccc(F)cc12. The molecule has 32 heavy (non-hydrogen) atoms. The first-order chi connectivity index (χ1) is 15.6. The lowest BCUT2D eigenvalue weighted by atomic mass is 9.88. The molecule has 3 aromatic carbocycles. The number of hydrogen-bond donors (Lipinski definition) is 0. The maximum atomic E-state index is 13.9. The standard InChI is InChI=1S/C25H15ClFNO3S/c26-13-5-7-20-15(9-13)23-17(11-30-20)25(32-22-4-2-1-3-19(22)28-23)18-12-31-21-8-6-14(27)10-16(21)24(18)29/h1-10,12,17,25H,11H2. The molecule has 158 valence electrons. The summed E-state index contributed by atoms with van der Waals surface area (Å²) in [4.78, 5) is 19.4. The number of hydrogen-bond acceptors (Lipinski definition) is 5. The van der Waals surface area contributed by atoms with E-state index >= 15 is 0 Å². The fourth-order valence-corrected chi connectivity index (χ4v) is 5.75. The highest BCUT2D eigenvalue weighted by Crippen LogP contribution is 2.50. The van der Waals surface area contributed by atoms with Crippen molar-refractivity contribution in [2.45, 2.75) is 10.1 Å². The van der Waals surface area contributed by atoms with Gasteiger partial charge < -0.3 is 9.15 Å². The van der Waals surface area contributed by atoms with E-state index in [-0.39, 0.29) is 22.0 Å². The topological polar surface area (TPSA) is 51.8 Å². The normalized spacial score (nSPS) is 19.2. The van der Waals surface area contributed by atoms with E-state index in [0.717, 1.165) is 21.9 Å². The van der Waals surface area contributed by atoms with Crippen LogP contribution in [0.5, 0.6) is 5.75 Å². The average molecular weight is 464 g/mol. The van der Waals surface area contributed by atoms with Crippen LogP contribution in [0, 0.1) is 11.7 Å². The highest BCUT2D eigenvalue weighted by molar-refractivity contribution is 7.99. The van der Waals surface area contributed by atoms with Crippen molar-refractivity contribution in [2.75, 3.05) is 6.61 Å². The van der Waals surface area contributed by atoms with E-state index in [1.807, 2.05) is 36.4 Å². The van der Waals surface area contributed by atoms with Crippen LogP contribution < -0.4 is 10.2 Å². The molecule has 2 aliphatic rings. The maximum absolute atomic E-state index is 13.9. The number of para-hydroxylation sites is 1. The Kier molecular flexibility index (Phi) is 4.59.